The summed E-state index contributed by atoms with van der Waals surface area (Å²) in [5.74, 6) is -1.00. The molecule has 0 saturated heterocycles. The average Bonchev–Trinajstić information content (AvgIpc) is 2.98. The zero-order valence-electron chi connectivity index (χ0n) is 11.1. The van der Waals surface area contributed by atoms with Gasteiger partial charge in [-0.3, -0.25) is 9.59 Å². The maximum atomic E-state index is 12.3. The van der Waals surface area contributed by atoms with E-state index in [2.05, 4.69) is 9.97 Å². The van der Waals surface area contributed by atoms with E-state index in [-0.39, 0.29) is 0 Å². The molecule has 2 aromatic heterocycles. The summed E-state index contributed by atoms with van der Waals surface area (Å²) in [4.78, 5) is 33.2. The van der Waals surface area contributed by atoms with Crippen molar-refractivity contribution in [3.63, 3.8) is 0 Å². The molecule has 2 heterocycles. The number of benzene rings is 1. The van der Waals surface area contributed by atoms with Gasteiger partial charge in [0.25, 0.3) is 0 Å². The van der Waals surface area contributed by atoms with Gasteiger partial charge in [-0.1, -0.05) is 30.3 Å². The van der Waals surface area contributed by atoms with E-state index in [1.54, 1.807) is 36.4 Å². The summed E-state index contributed by atoms with van der Waals surface area (Å²) in [5, 5.41) is 0.816. The number of carbonyl (C=O) groups excluding carboxylic acids is 2. The lowest BCUT2D eigenvalue weighted by Gasteiger charge is -1.97. The molecule has 0 spiro atoms. The van der Waals surface area contributed by atoms with Crippen LogP contribution in [-0.2, 0) is 0 Å². The van der Waals surface area contributed by atoms with Crippen LogP contribution < -0.4 is 0 Å². The normalized spacial score (nSPS) is 10.7. The molecule has 0 aliphatic rings. The molecule has 0 saturated carbocycles. The number of hydrogen-bond acceptors (Lipinski definition) is 6. The standard InChI is InChI=1S/C15H10N2O2S2/c1-20-15-14-10(16-8-17-15)7-11(21-14)13(19)12(18)9-5-3-2-4-6-9/h2-8H,1H3. The van der Waals surface area contributed by atoms with Crippen LogP contribution in [0.25, 0.3) is 10.2 Å². The quantitative estimate of drug-likeness (QED) is 0.319. The molecule has 6 heteroatoms. The van der Waals surface area contributed by atoms with Gasteiger partial charge in [0.05, 0.1) is 15.1 Å². The van der Waals surface area contributed by atoms with Gasteiger partial charge in [-0.2, -0.15) is 0 Å². The Labute approximate surface area is 129 Å². The maximum absolute atomic E-state index is 12.3. The van der Waals surface area contributed by atoms with Gasteiger partial charge in [0.2, 0.25) is 11.6 Å². The molecular formula is C15H10N2O2S2. The summed E-state index contributed by atoms with van der Waals surface area (Å²) in [6, 6.07) is 10.2. The lowest BCUT2D eigenvalue weighted by atomic mass is 10.1. The fourth-order valence-corrected chi connectivity index (χ4v) is 3.67. The SMILES string of the molecule is CSc1ncnc2cc(C(=O)C(=O)c3ccccc3)sc12. The first kappa shape index (κ1) is 13.9. The number of fused-ring (bicyclic) bond motifs is 1. The van der Waals surface area contributed by atoms with E-state index in [0.29, 0.717) is 16.0 Å². The molecule has 1 aromatic carbocycles. The first-order chi connectivity index (χ1) is 10.2. The van der Waals surface area contributed by atoms with Crippen molar-refractivity contribution in [2.45, 2.75) is 5.03 Å². The fourth-order valence-electron chi connectivity index (χ4n) is 1.92. The second kappa shape index (κ2) is 5.75. The van der Waals surface area contributed by atoms with Crippen molar-refractivity contribution in [2.75, 3.05) is 6.26 Å². The van der Waals surface area contributed by atoms with Crippen molar-refractivity contribution < 1.29 is 9.59 Å². The fraction of sp³-hybridized carbons (Fsp3) is 0.0667. The predicted octanol–water partition coefficient (Wildman–Crippen LogP) is 3.48. The number of carbonyl (C=O) groups is 2. The number of thiophene rings is 1. The van der Waals surface area contributed by atoms with Gasteiger partial charge < -0.3 is 0 Å². The molecule has 0 fully saturated rings. The van der Waals surface area contributed by atoms with Crippen LogP contribution in [0.1, 0.15) is 20.0 Å². The van der Waals surface area contributed by atoms with E-state index in [1.807, 2.05) is 6.26 Å². The Balaban J connectivity index is 2.01. The van der Waals surface area contributed by atoms with Gasteiger partial charge in [0.15, 0.2) is 0 Å². The van der Waals surface area contributed by atoms with Gasteiger partial charge in [-0.15, -0.1) is 23.1 Å². The molecule has 4 nitrogen and oxygen atoms in total. The largest absolute Gasteiger partial charge is 0.285 e. The van der Waals surface area contributed by atoms with Crippen LogP contribution in [-0.4, -0.2) is 27.8 Å². The highest BCUT2D eigenvalue weighted by Gasteiger charge is 2.21. The summed E-state index contributed by atoms with van der Waals surface area (Å²) in [6.07, 6.45) is 3.38. The number of ketones is 2. The third-order valence-corrected chi connectivity index (χ3v) is 4.89. The number of aromatic nitrogens is 2. The Kier molecular flexibility index (Phi) is 3.81. The Morgan fingerprint density at radius 1 is 1.10 bits per heavy atom. The number of nitrogens with zero attached hydrogens (tertiary/aromatic N) is 2. The first-order valence-corrected chi connectivity index (χ1v) is 8.17. The number of rotatable bonds is 4. The molecule has 0 aliphatic carbocycles. The van der Waals surface area contributed by atoms with Crippen molar-refractivity contribution in [3.05, 3.63) is 53.2 Å². The van der Waals surface area contributed by atoms with Gasteiger partial charge in [-0.05, 0) is 12.3 Å². The van der Waals surface area contributed by atoms with Crippen molar-refractivity contribution in [1.82, 2.24) is 9.97 Å². The number of thioether (sulfide) groups is 1. The molecule has 3 rings (SSSR count). The van der Waals surface area contributed by atoms with Crippen LogP contribution in [0.2, 0.25) is 0 Å². The van der Waals surface area contributed by atoms with Crippen LogP contribution >= 0.6 is 23.1 Å². The van der Waals surface area contributed by atoms with Crippen LogP contribution in [0.15, 0.2) is 47.8 Å². The molecule has 0 unspecified atom stereocenters. The topological polar surface area (TPSA) is 59.9 Å². The lowest BCUT2D eigenvalue weighted by Crippen LogP contribution is -2.12. The summed E-state index contributed by atoms with van der Waals surface area (Å²) in [5.41, 5.74) is 1.10. The Morgan fingerprint density at radius 2 is 1.86 bits per heavy atom. The van der Waals surface area contributed by atoms with Gasteiger partial charge >= 0.3 is 0 Å². The van der Waals surface area contributed by atoms with Crippen molar-refractivity contribution in [2.24, 2.45) is 0 Å². The molecule has 0 bridgehead atoms. The Hall–Kier alpha value is -2.05. The van der Waals surface area contributed by atoms with E-state index in [9.17, 15) is 9.59 Å². The zero-order chi connectivity index (χ0) is 14.8. The number of hydrogen-bond donors (Lipinski definition) is 0. The van der Waals surface area contributed by atoms with Crippen LogP contribution in [0.3, 0.4) is 0 Å². The average molecular weight is 314 g/mol. The second-order valence-electron chi connectivity index (χ2n) is 4.23. The van der Waals surface area contributed by atoms with E-state index in [4.69, 9.17) is 0 Å². The van der Waals surface area contributed by atoms with Crippen molar-refractivity contribution in [3.8, 4) is 0 Å². The molecule has 0 N–H and O–H groups in total. The highest BCUT2D eigenvalue weighted by atomic mass is 32.2. The third kappa shape index (κ3) is 2.59. The van der Waals surface area contributed by atoms with E-state index in [0.717, 1.165) is 9.73 Å². The van der Waals surface area contributed by atoms with Crippen LogP contribution in [0.4, 0.5) is 0 Å². The van der Waals surface area contributed by atoms with Gasteiger partial charge in [0, 0.05) is 5.56 Å². The second-order valence-corrected chi connectivity index (χ2v) is 6.08. The summed E-state index contributed by atoms with van der Waals surface area (Å²) in [6.45, 7) is 0. The molecule has 0 aliphatic heterocycles. The monoisotopic (exact) mass is 314 g/mol. The molecule has 0 atom stereocenters. The van der Waals surface area contributed by atoms with Crippen molar-refractivity contribution in [1.29, 1.82) is 0 Å². The van der Waals surface area contributed by atoms with E-state index in [1.165, 1.54) is 29.4 Å². The van der Waals surface area contributed by atoms with Crippen LogP contribution in [0, 0.1) is 0 Å². The molecule has 21 heavy (non-hydrogen) atoms. The maximum Gasteiger partial charge on any atom is 0.243 e. The minimum atomic E-state index is -0.503. The highest BCUT2D eigenvalue weighted by Crippen LogP contribution is 2.31. The van der Waals surface area contributed by atoms with Crippen LogP contribution in [0.5, 0.6) is 0 Å². The zero-order valence-corrected chi connectivity index (χ0v) is 12.7. The minimum absolute atomic E-state index is 0.398. The summed E-state index contributed by atoms with van der Waals surface area (Å²) < 4.78 is 0.842. The highest BCUT2D eigenvalue weighted by molar-refractivity contribution is 7.98. The molecule has 104 valence electrons. The Bertz CT molecular complexity index is 828. The molecule has 0 amide bonds. The summed E-state index contributed by atoms with van der Waals surface area (Å²) in [7, 11) is 0. The third-order valence-electron chi connectivity index (χ3n) is 2.94. The van der Waals surface area contributed by atoms with Gasteiger partial charge in [-0.25, -0.2) is 9.97 Å². The smallest absolute Gasteiger partial charge is 0.243 e. The first-order valence-electron chi connectivity index (χ1n) is 6.13. The molecule has 0 radical (unpaired) electrons. The molecule has 3 aromatic rings. The lowest BCUT2D eigenvalue weighted by molar-refractivity contribution is 0.0819. The molecular weight excluding hydrogens is 304 g/mol. The predicted molar refractivity (Wildman–Crippen MR) is 84.3 cm³/mol. The summed E-state index contributed by atoms with van der Waals surface area (Å²) >= 11 is 2.75. The van der Waals surface area contributed by atoms with E-state index >= 15 is 0 Å². The number of Topliss-reactive ketones (excluding diaryl/α,β-unsaturated/α-hetero) is 2. The van der Waals surface area contributed by atoms with Crippen molar-refractivity contribution >= 4 is 44.9 Å². The van der Waals surface area contributed by atoms with Gasteiger partial charge in [0.1, 0.15) is 11.4 Å². The Morgan fingerprint density at radius 3 is 2.57 bits per heavy atom. The minimum Gasteiger partial charge on any atom is -0.285 e. The van der Waals surface area contributed by atoms with E-state index < -0.39 is 11.6 Å².